The molecule has 6 heteroatoms. The number of carbonyl (C=O) groups excluding carboxylic acids is 3. The molecule has 6 nitrogen and oxygen atoms in total. The Morgan fingerprint density at radius 1 is 0.247 bits per heavy atom. The average molecular weight is 1090 g/mol. The molecule has 0 aromatic heterocycles. The van der Waals surface area contributed by atoms with Gasteiger partial charge >= 0.3 is 17.9 Å². The van der Waals surface area contributed by atoms with E-state index >= 15 is 0 Å². The van der Waals surface area contributed by atoms with E-state index in [1.165, 1.54) is 302 Å². The molecule has 0 aromatic carbocycles. The first-order chi connectivity index (χ1) is 38.0. The number of hydrogen-bond donors (Lipinski definition) is 0. The average Bonchev–Trinajstić information content (AvgIpc) is 3.43. The Labute approximate surface area is 481 Å². The van der Waals surface area contributed by atoms with Crippen LogP contribution < -0.4 is 0 Å². The fraction of sp³-hybridized carbons (Fsp3) is 0.930. The third-order valence-corrected chi connectivity index (χ3v) is 16.3. The molecular formula is C71H136O6. The second kappa shape index (κ2) is 66.7. The number of carbonyl (C=O) groups is 3. The maximum atomic E-state index is 12.9. The van der Waals surface area contributed by atoms with Crippen molar-refractivity contribution in [3.05, 3.63) is 12.2 Å². The highest BCUT2D eigenvalue weighted by Crippen LogP contribution is 2.19. The van der Waals surface area contributed by atoms with E-state index in [1.54, 1.807) is 0 Å². The second-order valence-electron chi connectivity index (χ2n) is 24.2. The van der Waals surface area contributed by atoms with E-state index in [1.807, 2.05) is 0 Å². The van der Waals surface area contributed by atoms with Gasteiger partial charge in [-0.15, -0.1) is 0 Å². The molecule has 456 valence electrons. The van der Waals surface area contributed by atoms with Crippen LogP contribution in [0.1, 0.15) is 406 Å². The zero-order chi connectivity index (χ0) is 55.7. The molecule has 0 heterocycles. The Morgan fingerprint density at radius 2 is 0.429 bits per heavy atom. The Bertz CT molecular complexity index is 1200. The van der Waals surface area contributed by atoms with Crippen molar-refractivity contribution in [3.63, 3.8) is 0 Å². The van der Waals surface area contributed by atoms with E-state index in [4.69, 9.17) is 14.2 Å². The van der Waals surface area contributed by atoms with Crippen LogP contribution in [-0.2, 0) is 28.6 Å². The van der Waals surface area contributed by atoms with Crippen molar-refractivity contribution in [2.24, 2.45) is 0 Å². The van der Waals surface area contributed by atoms with Gasteiger partial charge in [0.25, 0.3) is 0 Å². The van der Waals surface area contributed by atoms with Gasteiger partial charge in [0.05, 0.1) is 0 Å². The fourth-order valence-electron chi connectivity index (χ4n) is 11.0. The third-order valence-electron chi connectivity index (χ3n) is 16.3. The zero-order valence-electron chi connectivity index (χ0n) is 52.5. The van der Waals surface area contributed by atoms with Crippen molar-refractivity contribution >= 4 is 17.9 Å². The predicted molar refractivity (Wildman–Crippen MR) is 335 cm³/mol. The van der Waals surface area contributed by atoms with E-state index < -0.39 is 6.10 Å². The van der Waals surface area contributed by atoms with Gasteiger partial charge in [0.2, 0.25) is 0 Å². The highest BCUT2D eigenvalue weighted by molar-refractivity contribution is 5.71. The molecule has 0 saturated heterocycles. The number of allylic oxidation sites excluding steroid dienone is 2. The van der Waals surface area contributed by atoms with E-state index in [0.29, 0.717) is 19.3 Å². The Kier molecular flexibility index (Phi) is 65.1. The summed E-state index contributed by atoms with van der Waals surface area (Å²) in [5.41, 5.74) is 0. The molecule has 0 aliphatic rings. The Morgan fingerprint density at radius 3 is 0.649 bits per heavy atom. The molecule has 0 aliphatic carbocycles. The number of ether oxygens (including phenoxy) is 3. The highest BCUT2D eigenvalue weighted by atomic mass is 16.6. The molecule has 0 radical (unpaired) electrons. The first kappa shape index (κ1) is 75.2. The Balaban J connectivity index is 3.93. The standard InChI is InChI=1S/C71H136O6/c1-4-7-10-13-16-19-21-23-25-26-27-28-29-30-31-32-33-34-35-36-37-38-39-40-41-42-43-44-46-47-49-52-55-58-61-64-70(73)76-67-68(66-75-69(72)63-60-57-54-51-18-15-12-9-6-3)77-71(74)65-62-59-56-53-50-48-45-24-22-20-17-14-11-8-5-2/h24,45,68H,4-23,25-44,46-67H2,1-3H3/b45-24-. The largest absolute Gasteiger partial charge is 0.462 e. The summed E-state index contributed by atoms with van der Waals surface area (Å²) >= 11 is 0. The normalized spacial score (nSPS) is 12.0. The summed E-state index contributed by atoms with van der Waals surface area (Å²) < 4.78 is 16.9. The first-order valence-corrected chi connectivity index (χ1v) is 35.2. The summed E-state index contributed by atoms with van der Waals surface area (Å²) in [5.74, 6) is -0.852. The molecule has 1 atom stereocenters. The summed E-state index contributed by atoms with van der Waals surface area (Å²) in [5, 5.41) is 0. The molecule has 0 amide bonds. The molecule has 1 unspecified atom stereocenters. The monoisotopic (exact) mass is 1090 g/mol. The lowest BCUT2D eigenvalue weighted by atomic mass is 10.0. The van der Waals surface area contributed by atoms with Gasteiger partial charge in [-0.05, 0) is 44.9 Å². The molecular weight excluding hydrogens is 949 g/mol. The molecule has 0 rings (SSSR count). The topological polar surface area (TPSA) is 78.9 Å². The van der Waals surface area contributed by atoms with E-state index in [-0.39, 0.29) is 31.1 Å². The summed E-state index contributed by atoms with van der Waals surface area (Å²) in [4.78, 5) is 38.2. The fourth-order valence-corrected chi connectivity index (χ4v) is 11.0. The summed E-state index contributed by atoms with van der Waals surface area (Å²) in [6.07, 6.45) is 80.0. The Hall–Kier alpha value is -1.85. The van der Waals surface area contributed by atoms with E-state index in [9.17, 15) is 14.4 Å². The van der Waals surface area contributed by atoms with Crippen LogP contribution >= 0.6 is 0 Å². The van der Waals surface area contributed by atoms with Crippen LogP contribution in [0.25, 0.3) is 0 Å². The SMILES string of the molecule is CCCCCCCC/C=C\CCCCCCCC(=O)OC(COC(=O)CCCCCCCCCCC)COC(=O)CCCCCCCCCCCCCCCCCCCCCCCCCCCCCCCCCCCCC. The predicted octanol–water partition coefficient (Wildman–Crippen LogP) is 24.0. The number of hydrogen-bond acceptors (Lipinski definition) is 6. The summed E-state index contributed by atoms with van der Waals surface area (Å²) in [6, 6.07) is 0. The van der Waals surface area contributed by atoms with Gasteiger partial charge in [-0.1, -0.05) is 354 Å². The lowest BCUT2D eigenvalue weighted by Crippen LogP contribution is -2.30. The maximum absolute atomic E-state index is 12.9. The molecule has 77 heavy (non-hydrogen) atoms. The molecule has 0 aliphatic heterocycles. The molecule has 0 aromatic rings. The summed E-state index contributed by atoms with van der Waals surface area (Å²) in [7, 11) is 0. The first-order valence-electron chi connectivity index (χ1n) is 35.2. The summed E-state index contributed by atoms with van der Waals surface area (Å²) in [6.45, 7) is 6.68. The van der Waals surface area contributed by atoms with Crippen LogP contribution in [0.5, 0.6) is 0 Å². The van der Waals surface area contributed by atoms with Gasteiger partial charge < -0.3 is 14.2 Å². The molecule has 0 N–H and O–H groups in total. The van der Waals surface area contributed by atoms with Crippen LogP contribution in [0.2, 0.25) is 0 Å². The van der Waals surface area contributed by atoms with Gasteiger partial charge in [-0.2, -0.15) is 0 Å². The van der Waals surface area contributed by atoms with E-state index in [2.05, 4.69) is 32.9 Å². The zero-order valence-corrected chi connectivity index (χ0v) is 52.5. The van der Waals surface area contributed by atoms with Crippen LogP contribution in [0.4, 0.5) is 0 Å². The molecule has 0 fully saturated rings. The second-order valence-corrected chi connectivity index (χ2v) is 24.2. The van der Waals surface area contributed by atoms with Gasteiger partial charge in [-0.3, -0.25) is 14.4 Å². The molecule has 0 saturated carbocycles. The van der Waals surface area contributed by atoms with Gasteiger partial charge in [0.1, 0.15) is 13.2 Å². The number of unbranched alkanes of at least 4 members (excludes halogenated alkanes) is 53. The van der Waals surface area contributed by atoms with Crippen molar-refractivity contribution in [2.75, 3.05) is 13.2 Å². The van der Waals surface area contributed by atoms with Crippen LogP contribution in [0.3, 0.4) is 0 Å². The lowest BCUT2D eigenvalue weighted by Gasteiger charge is -2.18. The van der Waals surface area contributed by atoms with Gasteiger partial charge in [-0.25, -0.2) is 0 Å². The minimum atomic E-state index is -0.769. The van der Waals surface area contributed by atoms with Crippen molar-refractivity contribution < 1.29 is 28.6 Å². The van der Waals surface area contributed by atoms with E-state index in [0.717, 1.165) is 64.2 Å². The van der Waals surface area contributed by atoms with Gasteiger partial charge in [0.15, 0.2) is 6.10 Å². The van der Waals surface area contributed by atoms with Crippen molar-refractivity contribution in [1.29, 1.82) is 0 Å². The minimum Gasteiger partial charge on any atom is -0.462 e. The smallest absolute Gasteiger partial charge is 0.306 e. The van der Waals surface area contributed by atoms with Crippen molar-refractivity contribution in [1.82, 2.24) is 0 Å². The van der Waals surface area contributed by atoms with Gasteiger partial charge in [0, 0.05) is 19.3 Å². The number of rotatable bonds is 66. The quantitative estimate of drug-likeness (QED) is 0.0261. The number of esters is 3. The lowest BCUT2D eigenvalue weighted by molar-refractivity contribution is -0.167. The van der Waals surface area contributed by atoms with Crippen LogP contribution in [-0.4, -0.2) is 37.2 Å². The minimum absolute atomic E-state index is 0.0675. The van der Waals surface area contributed by atoms with Crippen molar-refractivity contribution in [2.45, 2.75) is 412 Å². The molecule has 0 bridgehead atoms. The third kappa shape index (κ3) is 64.9. The molecule has 0 spiro atoms. The van der Waals surface area contributed by atoms with Crippen LogP contribution in [0.15, 0.2) is 12.2 Å². The van der Waals surface area contributed by atoms with Crippen LogP contribution in [0, 0.1) is 0 Å². The maximum Gasteiger partial charge on any atom is 0.306 e. The van der Waals surface area contributed by atoms with Crippen molar-refractivity contribution in [3.8, 4) is 0 Å². The highest BCUT2D eigenvalue weighted by Gasteiger charge is 2.19.